The van der Waals surface area contributed by atoms with E-state index in [1.165, 1.54) is 23.5 Å². The second-order valence-corrected chi connectivity index (χ2v) is 5.32. The minimum atomic E-state index is -4.67. The Kier molecular flexibility index (Phi) is 4.84. The van der Waals surface area contributed by atoms with Crippen LogP contribution in [0.5, 0.6) is 5.75 Å². The van der Waals surface area contributed by atoms with Crippen molar-refractivity contribution in [2.75, 3.05) is 6.54 Å². The Bertz CT molecular complexity index is 581. The lowest BCUT2D eigenvalue weighted by Gasteiger charge is -2.16. The van der Waals surface area contributed by atoms with Gasteiger partial charge >= 0.3 is 6.36 Å². The molecule has 0 bridgehead atoms. The Labute approximate surface area is 124 Å². The lowest BCUT2D eigenvalue weighted by atomic mass is 10.1. The van der Waals surface area contributed by atoms with E-state index in [2.05, 4.69) is 15.0 Å². The molecule has 0 aliphatic carbocycles. The van der Waals surface area contributed by atoms with Crippen LogP contribution in [0.15, 0.2) is 29.6 Å². The Morgan fingerprint density at radius 1 is 1.29 bits per heavy atom. The summed E-state index contributed by atoms with van der Waals surface area (Å²) in [6.07, 6.45) is -4.67. The van der Waals surface area contributed by atoms with Crippen LogP contribution in [0.25, 0.3) is 0 Å². The molecule has 0 aliphatic rings. The van der Waals surface area contributed by atoms with Gasteiger partial charge in [0.15, 0.2) is 0 Å². The van der Waals surface area contributed by atoms with Gasteiger partial charge in [0.2, 0.25) is 0 Å². The van der Waals surface area contributed by atoms with Gasteiger partial charge in [-0.3, -0.25) is 0 Å². The quantitative estimate of drug-likeness (QED) is 0.903. The molecule has 7 heteroatoms. The maximum absolute atomic E-state index is 12.1. The summed E-state index contributed by atoms with van der Waals surface area (Å²) < 4.78 is 40.3. The number of hydrogen-bond donors (Lipinski definition) is 1. The van der Waals surface area contributed by atoms with E-state index in [-0.39, 0.29) is 11.8 Å². The molecule has 2 rings (SSSR count). The van der Waals surface area contributed by atoms with Gasteiger partial charge in [-0.1, -0.05) is 19.1 Å². The molecule has 2 aromatic rings. The van der Waals surface area contributed by atoms with Crippen molar-refractivity contribution < 1.29 is 17.9 Å². The van der Waals surface area contributed by atoms with Crippen molar-refractivity contribution in [1.82, 2.24) is 10.3 Å². The molecule has 0 spiro atoms. The zero-order valence-corrected chi connectivity index (χ0v) is 12.4. The molecule has 21 heavy (non-hydrogen) atoms. The largest absolute Gasteiger partial charge is 0.573 e. The van der Waals surface area contributed by atoms with Crippen LogP contribution in [0.4, 0.5) is 13.2 Å². The van der Waals surface area contributed by atoms with Crippen LogP contribution >= 0.6 is 11.3 Å². The van der Waals surface area contributed by atoms with Gasteiger partial charge in [-0.2, -0.15) is 0 Å². The van der Waals surface area contributed by atoms with Crippen LogP contribution in [0.3, 0.4) is 0 Å². The summed E-state index contributed by atoms with van der Waals surface area (Å²) in [6.45, 7) is 4.60. The smallest absolute Gasteiger partial charge is 0.406 e. The number of ether oxygens (including phenoxy) is 1. The summed E-state index contributed by atoms with van der Waals surface area (Å²) in [5.74, 6) is -0.225. The number of aryl methyl sites for hydroxylation is 1. The Hall–Kier alpha value is -1.60. The van der Waals surface area contributed by atoms with Crippen LogP contribution in [0.2, 0.25) is 0 Å². The Balaban J connectivity index is 2.21. The molecule has 0 aliphatic heterocycles. The number of nitrogens with one attached hydrogen (secondary N) is 1. The van der Waals surface area contributed by atoms with Gasteiger partial charge in [-0.05, 0) is 31.2 Å². The molecule has 3 nitrogen and oxygen atoms in total. The first-order valence-electron chi connectivity index (χ1n) is 6.40. The second kappa shape index (κ2) is 6.44. The number of rotatable bonds is 5. The predicted octanol–water partition coefficient (Wildman–Crippen LogP) is 4.05. The van der Waals surface area contributed by atoms with Crippen molar-refractivity contribution in [2.45, 2.75) is 26.3 Å². The fourth-order valence-electron chi connectivity index (χ4n) is 1.92. The topological polar surface area (TPSA) is 34.1 Å². The molecule has 1 aromatic heterocycles. The number of nitrogens with zero attached hydrogens (tertiary/aromatic N) is 1. The van der Waals surface area contributed by atoms with Gasteiger partial charge in [0.25, 0.3) is 0 Å². The van der Waals surface area contributed by atoms with E-state index >= 15 is 0 Å². The molecule has 0 saturated carbocycles. The average Bonchev–Trinajstić information content (AvgIpc) is 2.82. The molecular weight excluding hydrogens is 301 g/mol. The molecule has 1 unspecified atom stereocenters. The van der Waals surface area contributed by atoms with Gasteiger partial charge < -0.3 is 10.1 Å². The Morgan fingerprint density at radius 2 is 1.95 bits per heavy atom. The molecule has 1 atom stereocenters. The van der Waals surface area contributed by atoms with Crippen LogP contribution in [-0.4, -0.2) is 17.9 Å². The van der Waals surface area contributed by atoms with Gasteiger partial charge in [-0.15, -0.1) is 24.5 Å². The van der Waals surface area contributed by atoms with Crippen molar-refractivity contribution in [1.29, 1.82) is 0 Å². The van der Waals surface area contributed by atoms with E-state index in [4.69, 9.17) is 0 Å². The Morgan fingerprint density at radius 3 is 2.43 bits per heavy atom. The highest BCUT2D eigenvalue weighted by molar-refractivity contribution is 7.09. The van der Waals surface area contributed by atoms with E-state index in [0.717, 1.165) is 22.8 Å². The van der Waals surface area contributed by atoms with Crippen molar-refractivity contribution >= 4 is 11.3 Å². The second-order valence-electron chi connectivity index (χ2n) is 4.43. The SMILES string of the molecule is CCNC(c1ccc(OC(F)(F)F)cc1)c1nc(C)cs1. The monoisotopic (exact) mass is 316 g/mol. The molecule has 1 N–H and O–H groups in total. The van der Waals surface area contributed by atoms with Crippen LogP contribution in [0.1, 0.15) is 29.2 Å². The predicted molar refractivity (Wildman–Crippen MR) is 75.5 cm³/mol. The number of benzene rings is 1. The zero-order chi connectivity index (χ0) is 15.5. The highest BCUT2D eigenvalue weighted by atomic mass is 32.1. The summed E-state index contributed by atoms with van der Waals surface area (Å²) in [6, 6.07) is 5.73. The molecule has 0 amide bonds. The van der Waals surface area contributed by atoms with Gasteiger partial charge in [0.1, 0.15) is 10.8 Å². The highest BCUT2D eigenvalue weighted by Gasteiger charge is 2.31. The van der Waals surface area contributed by atoms with Crippen molar-refractivity contribution in [3.63, 3.8) is 0 Å². The minimum absolute atomic E-state index is 0.131. The highest BCUT2D eigenvalue weighted by Crippen LogP contribution is 2.28. The number of hydrogen-bond acceptors (Lipinski definition) is 4. The number of halogens is 3. The fraction of sp³-hybridized carbons (Fsp3) is 0.357. The normalized spacial score (nSPS) is 13.2. The van der Waals surface area contributed by atoms with Gasteiger partial charge in [-0.25, -0.2) is 4.98 Å². The summed E-state index contributed by atoms with van der Waals surface area (Å²) in [5, 5.41) is 6.11. The van der Waals surface area contributed by atoms with E-state index in [1.54, 1.807) is 12.1 Å². The maximum atomic E-state index is 12.1. The standard InChI is InChI=1S/C14H15F3N2OS/c1-3-18-12(13-19-9(2)8-21-13)10-4-6-11(7-5-10)20-14(15,16)17/h4-8,12,18H,3H2,1-2H3. The first kappa shape index (κ1) is 15.8. The zero-order valence-electron chi connectivity index (χ0n) is 11.6. The molecule has 114 valence electrons. The molecule has 0 radical (unpaired) electrons. The van der Waals surface area contributed by atoms with Crippen LogP contribution in [-0.2, 0) is 0 Å². The fourth-order valence-corrected chi connectivity index (χ4v) is 2.81. The van der Waals surface area contributed by atoms with Gasteiger partial charge in [0.05, 0.1) is 6.04 Å². The average molecular weight is 316 g/mol. The van der Waals surface area contributed by atoms with E-state index in [0.29, 0.717) is 0 Å². The third-order valence-electron chi connectivity index (χ3n) is 2.74. The molecule has 1 heterocycles. The first-order chi connectivity index (χ1) is 9.89. The summed E-state index contributed by atoms with van der Waals surface area (Å²) >= 11 is 1.52. The molecule has 0 fully saturated rings. The minimum Gasteiger partial charge on any atom is -0.406 e. The van der Waals surface area contributed by atoms with E-state index < -0.39 is 6.36 Å². The van der Waals surface area contributed by atoms with Gasteiger partial charge in [0, 0.05) is 11.1 Å². The molecule has 1 aromatic carbocycles. The summed E-state index contributed by atoms with van der Waals surface area (Å²) in [5.41, 5.74) is 1.77. The first-order valence-corrected chi connectivity index (χ1v) is 7.28. The third kappa shape index (κ3) is 4.44. The van der Waals surface area contributed by atoms with E-state index in [9.17, 15) is 13.2 Å². The number of aromatic nitrogens is 1. The van der Waals surface area contributed by atoms with Crippen LogP contribution in [0, 0.1) is 6.92 Å². The third-order valence-corrected chi connectivity index (χ3v) is 3.77. The molecular formula is C14H15F3N2OS. The molecule has 0 saturated heterocycles. The van der Waals surface area contributed by atoms with E-state index in [1.807, 2.05) is 19.2 Å². The number of alkyl halides is 3. The maximum Gasteiger partial charge on any atom is 0.573 e. The summed E-state index contributed by atoms with van der Waals surface area (Å²) in [7, 11) is 0. The summed E-state index contributed by atoms with van der Waals surface area (Å²) in [4.78, 5) is 4.43. The van der Waals surface area contributed by atoms with Crippen LogP contribution < -0.4 is 10.1 Å². The number of thiazole rings is 1. The van der Waals surface area contributed by atoms with Crippen molar-refractivity contribution in [3.8, 4) is 5.75 Å². The lowest BCUT2D eigenvalue weighted by Crippen LogP contribution is -2.22. The lowest BCUT2D eigenvalue weighted by molar-refractivity contribution is -0.274. The van der Waals surface area contributed by atoms with Crippen molar-refractivity contribution in [2.24, 2.45) is 0 Å². The van der Waals surface area contributed by atoms with Crippen molar-refractivity contribution in [3.05, 3.63) is 45.9 Å².